The minimum Gasteiger partial charge on any atom is -0.491 e. The Labute approximate surface area is 119 Å². The van der Waals surface area contributed by atoms with Crippen molar-refractivity contribution in [1.29, 1.82) is 0 Å². The van der Waals surface area contributed by atoms with Gasteiger partial charge in [-0.25, -0.2) is 5.90 Å². The Morgan fingerprint density at radius 3 is 2.30 bits per heavy atom. The second kappa shape index (κ2) is 7.87. The number of carbonyl (C=O) groups excluding carboxylic acids is 1. The Morgan fingerprint density at radius 1 is 1.05 bits per heavy atom. The van der Waals surface area contributed by atoms with Crippen LogP contribution in [0, 0.1) is 0 Å². The molecule has 1 heterocycles. The van der Waals surface area contributed by atoms with E-state index in [0.29, 0.717) is 18.8 Å². The van der Waals surface area contributed by atoms with E-state index < -0.39 is 0 Å². The lowest BCUT2D eigenvalue weighted by Gasteiger charge is -2.20. The molecular formula is C15H22N2O3. The van der Waals surface area contributed by atoms with Gasteiger partial charge in [-0.05, 0) is 37.1 Å². The first-order valence-corrected chi connectivity index (χ1v) is 7.15. The normalized spacial score (nSPS) is 15.8. The highest BCUT2D eigenvalue weighted by molar-refractivity contribution is 5.94. The number of nitrogens with two attached hydrogens (primary N) is 1. The summed E-state index contributed by atoms with van der Waals surface area (Å²) in [5, 5.41) is 0. The summed E-state index contributed by atoms with van der Waals surface area (Å²) in [5.74, 6) is 5.75. The van der Waals surface area contributed by atoms with Crippen molar-refractivity contribution >= 4 is 5.91 Å². The second-order valence-corrected chi connectivity index (χ2v) is 4.95. The Bertz CT molecular complexity index is 412. The molecule has 1 aliphatic rings. The summed E-state index contributed by atoms with van der Waals surface area (Å²) < 4.78 is 5.42. The van der Waals surface area contributed by atoms with Crippen LogP contribution in [0.25, 0.3) is 0 Å². The third kappa shape index (κ3) is 4.21. The Kier molecular flexibility index (Phi) is 5.83. The predicted octanol–water partition coefficient (Wildman–Crippen LogP) is 1.97. The SMILES string of the molecule is NOCCOc1ccc(C(=O)N2CCCCCC2)cc1. The number of nitrogens with zero attached hydrogens (tertiary/aromatic N) is 1. The first-order chi connectivity index (χ1) is 9.81. The van der Waals surface area contributed by atoms with Crippen LogP contribution in [0.4, 0.5) is 0 Å². The average molecular weight is 278 g/mol. The van der Waals surface area contributed by atoms with Crippen molar-refractivity contribution in [2.45, 2.75) is 25.7 Å². The summed E-state index contributed by atoms with van der Waals surface area (Å²) in [4.78, 5) is 18.8. The van der Waals surface area contributed by atoms with Gasteiger partial charge in [-0.15, -0.1) is 0 Å². The van der Waals surface area contributed by atoms with E-state index in [0.717, 1.165) is 31.7 Å². The fraction of sp³-hybridized carbons (Fsp3) is 0.533. The minimum atomic E-state index is 0.115. The maximum Gasteiger partial charge on any atom is 0.253 e. The summed E-state index contributed by atoms with van der Waals surface area (Å²) in [6, 6.07) is 7.24. The molecule has 1 fully saturated rings. The van der Waals surface area contributed by atoms with Crippen LogP contribution in [0.15, 0.2) is 24.3 Å². The summed E-state index contributed by atoms with van der Waals surface area (Å²) in [6.07, 6.45) is 4.65. The molecular weight excluding hydrogens is 256 g/mol. The highest BCUT2D eigenvalue weighted by atomic mass is 16.6. The van der Waals surface area contributed by atoms with Gasteiger partial charge in [0, 0.05) is 18.7 Å². The van der Waals surface area contributed by atoms with Crippen LogP contribution < -0.4 is 10.6 Å². The van der Waals surface area contributed by atoms with E-state index in [-0.39, 0.29) is 5.91 Å². The molecule has 1 saturated heterocycles. The molecule has 20 heavy (non-hydrogen) atoms. The van der Waals surface area contributed by atoms with Crippen molar-refractivity contribution in [1.82, 2.24) is 4.90 Å². The second-order valence-electron chi connectivity index (χ2n) is 4.95. The maximum absolute atomic E-state index is 12.4. The van der Waals surface area contributed by atoms with Crippen molar-refractivity contribution in [2.75, 3.05) is 26.3 Å². The number of hydrogen-bond donors (Lipinski definition) is 1. The van der Waals surface area contributed by atoms with E-state index in [9.17, 15) is 4.79 Å². The van der Waals surface area contributed by atoms with Crippen molar-refractivity contribution in [2.24, 2.45) is 5.90 Å². The molecule has 5 heteroatoms. The molecule has 1 aromatic carbocycles. The Balaban J connectivity index is 1.92. The summed E-state index contributed by atoms with van der Waals surface area (Å²) >= 11 is 0. The molecule has 0 radical (unpaired) electrons. The van der Waals surface area contributed by atoms with E-state index >= 15 is 0 Å². The van der Waals surface area contributed by atoms with E-state index in [1.54, 1.807) is 0 Å². The molecule has 1 aliphatic heterocycles. The molecule has 0 aliphatic carbocycles. The summed E-state index contributed by atoms with van der Waals surface area (Å²) in [7, 11) is 0. The number of amides is 1. The zero-order chi connectivity index (χ0) is 14.2. The Hall–Kier alpha value is -1.59. The van der Waals surface area contributed by atoms with Crippen LogP contribution in [0.5, 0.6) is 5.75 Å². The first kappa shape index (κ1) is 14.8. The standard InChI is InChI=1S/C15H22N2O3/c16-20-12-11-19-14-7-5-13(6-8-14)15(18)17-9-3-1-2-4-10-17/h5-8H,1-4,9-12,16H2. The lowest BCUT2D eigenvalue weighted by molar-refractivity contribution is 0.0761. The first-order valence-electron chi connectivity index (χ1n) is 7.15. The topological polar surface area (TPSA) is 64.8 Å². The van der Waals surface area contributed by atoms with Gasteiger partial charge in [0.05, 0.1) is 0 Å². The van der Waals surface area contributed by atoms with Crippen LogP contribution in [0.2, 0.25) is 0 Å². The third-order valence-electron chi connectivity index (χ3n) is 3.46. The maximum atomic E-state index is 12.4. The minimum absolute atomic E-state index is 0.115. The fourth-order valence-electron chi connectivity index (χ4n) is 2.36. The van der Waals surface area contributed by atoms with Crippen molar-refractivity contribution in [3.8, 4) is 5.75 Å². The van der Waals surface area contributed by atoms with Crippen LogP contribution >= 0.6 is 0 Å². The van der Waals surface area contributed by atoms with Crippen LogP contribution in [-0.2, 0) is 4.84 Å². The largest absolute Gasteiger partial charge is 0.491 e. The predicted molar refractivity (Wildman–Crippen MR) is 76.4 cm³/mol. The number of ether oxygens (including phenoxy) is 1. The van der Waals surface area contributed by atoms with E-state index in [4.69, 9.17) is 10.6 Å². The van der Waals surface area contributed by atoms with Crippen molar-refractivity contribution in [3.05, 3.63) is 29.8 Å². The highest BCUT2D eigenvalue weighted by Crippen LogP contribution is 2.16. The lowest BCUT2D eigenvalue weighted by atomic mass is 10.2. The molecule has 1 aromatic rings. The number of benzene rings is 1. The molecule has 0 aromatic heterocycles. The van der Waals surface area contributed by atoms with Crippen molar-refractivity contribution in [3.63, 3.8) is 0 Å². The van der Waals surface area contributed by atoms with Gasteiger partial charge in [0.2, 0.25) is 0 Å². The monoisotopic (exact) mass is 278 g/mol. The molecule has 0 unspecified atom stereocenters. The van der Waals surface area contributed by atoms with Gasteiger partial charge in [0.1, 0.15) is 19.0 Å². The molecule has 2 rings (SSSR count). The Morgan fingerprint density at radius 2 is 1.70 bits per heavy atom. The molecule has 0 saturated carbocycles. The lowest BCUT2D eigenvalue weighted by Crippen LogP contribution is -2.31. The highest BCUT2D eigenvalue weighted by Gasteiger charge is 2.16. The molecule has 110 valence electrons. The quantitative estimate of drug-likeness (QED) is 0.660. The van der Waals surface area contributed by atoms with Gasteiger partial charge in [0.15, 0.2) is 0 Å². The zero-order valence-corrected chi connectivity index (χ0v) is 11.7. The van der Waals surface area contributed by atoms with Crippen LogP contribution in [0.1, 0.15) is 36.0 Å². The number of carbonyl (C=O) groups is 1. The third-order valence-corrected chi connectivity index (χ3v) is 3.46. The van der Waals surface area contributed by atoms with E-state index in [2.05, 4.69) is 4.84 Å². The van der Waals surface area contributed by atoms with Gasteiger partial charge < -0.3 is 14.5 Å². The van der Waals surface area contributed by atoms with Gasteiger partial charge in [-0.2, -0.15) is 0 Å². The molecule has 5 nitrogen and oxygen atoms in total. The van der Waals surface area contributed by atoms with Gasteiger partial charge in [0.25, 0.3) is 5.91 Å². The summed E-state index contributed by atoms with van der Waals surface area (Å²) in [5.41, 5.74) is 0.717. The van der Waals surface area contributed by atoms with Gasteiger partial charge >= 0.3 is 0 Å². The molecule has 2 N–H and O–H groups in total. The summed E-state index contributed by atoms with van der Waals surface area (Å²) in [6.45, 7) is 2.47. The molecule has 0 atom stereocenters. The van der Waals surface area contributed by atoms with Crippen molar-refractivity contribution < 1.29 is 14.4 Å². The average Bonchev–Trinajstić information content (AvgIpc) is 2.77. The van der Waals surface area contributed by atoms with Gasteiger partial charge in [-0.1, -0.05) is 12.8 Å². The number of rotatable bonds is 5. The van der Waals surface area contributed by atoms with E-state index in [1.807, 2.05) is 29.2 Å². The number of hydrogen-bond acceptors (Lipinski definition) is 4. The number of likely N-dealkylation sites (tertiary alicyclic amines) is 1. The van der Waals surface area contributed by atoms with Crippen LogP contribution in [0.3, 0.4) is 0 Å². The molecule has 1 amide bonds. The fourth-order valence-corrected chi connectivity index (χ4v) is 2.36. The van der Waals surface area contributed by atoms with Gasteiger partial charge in [-0.3, -0.25) is 4.79 Å². The smallest absolute Gasteiger partial charge is 0.253 e. The zero-order valence-electron chi connectivity index (χ0n) is 11.7. The van der Waals surface area contributed by atoms with Crippen LogP contribution in [-0.4, -0.2) is 37.1 Å². The molecule has 0 spiro atoms. The molecule has 0 bridgehead atoms. The van der Waals surface area contributed by atoms with E-state index in [1.165, 1.54) is 12.8 Å².